The number of esters is 2. The molecule has 1 amide bonds. The van der Waals surface area contributed by atoms with Crippen LogP contribution < -0.4 is 10.3 Å². The van der Waals surface area contributed by atoms with Crippen LogP contribution in [0.4, 0.5) is 5.69 Å². The van der Waals surface area contributed by atoms with Gasteiger partial charge < -0.3 is 14.8 Å². The summed E-state index contributed by atoms with van der Waals surface area (Å²) < 4.78 is 9.96. The first kappa shape index (κ1) is 24.0. The fourth-order valence-corrected chi connectivity index (χ4v) is 3.67. The van der Waals surface area contributed by atoms with Crippen molar-refractivity contribution in [1.82, 2.24) is 5.32 Å². The van der Waals surface area contributed by atoms with Gasteiger partial charge in [0.2, 0.25) is 0 Å². The Morgan fingerprint density at radius 3 is 2.30 bits per heavy atom. The predicted octanol–water partition coefficient (Wildman–Crippen LogP) is 3.24. The molecule has 2 atom stereocenters. The van der Waals surface area contributed by atoms with Crippen molar-refractivity contribution in [3.63, 3.8) is 0 Å². The van der Waals surface area contributed by atoms with Crippen molar-refractivity contribution in [3.8, 4) is 0 Å². The highest BCUT2D eigenvalue weighted by atomic mass is 16.5. The van der Waals surface area contributed by atoms with E-state index in [9.17, 15) is 14.4 Å². The molecule has 1 aliphatic rings. The number of ether oxygens (including phenoxy) is 2. The first-order valence-corrected chi connectivity index (χ1v) is 10.9. The Labute approximate surface area is 193 Å². The SMILES string of the molecule is COC(=O)C(CC(C)C)NC(=O)COC(=O)C1=NN(c2ccccc2)C(c2ccccc2)C1. The van der Waals surface area contributed by atoms with E-state index in [1.165, 1.54) is 7.11 Å². The Kier molecular flexibility index (Phi) is 8.18. The number of anilines is 1. The third-order valence-corrected chi connectivity index (χ3v) is 5.21. The molecule has 8 heteroatoms. The molecule has 8 nitrogen and oxygen atoms in total. The number of para-hydroxylation sites is 1. The summed E-state index contributed by atoms with van der Waals surface area (Å²) in [6.07, 6.45) is 0.765. The maximum Gasteiger partial charge on any atom is 0.355 e. The fourth-order valence-electron chi connectivity index (χ4n) is 3.67. The molecule has 2 unspecified atom stereocenters. The second-order valence-corrected chi connectivity index (χ2v) is 8.21. The summed E-state index contributed by atoms with van der Waals surface area (Å²) in [6.45, 7) is 3.36. The van der Waals surface area contributed by atoms with E-state index in [-0.39, 0.29) is 17.7 Å². The lowest BCUT2D eigenvalue weighted by molar-refractivity contribution is -0.147. The topological polar surface area (TPSA) is 97.3 Å². The molecule has 1 aliphatic heterocycles. The molecule has 0 fully saturated rings. The van der Waals surface area contributed by atoms with Crippen LogP contribution >= 0.6 is 0 Å². The van der Waals surface area contributed by atoms with Crippen molar-refractivity contribution >= 4 is 29.2 Å². The minimum atomic E-state index is -0.791. The van der Waals surface area contributed by atoms with Gasteiger partial charge >= 0.3 is 11.9 Å². The van der Waals surface area contributed by atoms with Gasteiger partial charge in [0.05, 0.1) is 18.8 Å². The van der Waals surface area contributed by atoms with Crippen LogP contribution in [0.5, 0.6) is 0 Å². The molecule has 1 N–H and O–H groups in total. The zero-order chi connectivity index (χ0) is 23.8. The quantitative estimate of drug-likeness (QED) is 0.588. The van der Waals surface area contributed by atoms with Crippen LogP contribution in [0.3, 0.4) is 0 Å². The number of carbonyl (C=O) groups is 3. The van der Waals surface area contributed by atoms with Gasteiger partial charge in [-0.3, -0.25) is 9.80 Å². The summed E-state index contributed by atoms with van der Waals surface area (Å²) in [6, 6.07) is 18.4. The molecule has 3 rings (SSSR count). The largest absolute Gasteiger partial charge is 0.467 e. The first-order valence-electron chi connectivity index (χ1n) is 10.9. The third kappa shape index (κ3) is 6.41. The number of hydrogen-bond acceptors (Lipinski definition) is 7. The van der Waals surface area contributed by atoms with Crippen LogP contribution in [0.25, 0.3) is 0 Å². The molecule has 33 heavy (non-hydrogen) atoms. The van der Waals surface area contributed by atoms with E-state index in [0.717, 1.165) is 11.3 Å². The van der Waals surface area contributed by atoms with Gasteiger partial charge in [0.15, 0.2) is 6.61 Å². The summed E-state index contributed by atoms with van der Waals surface area (Å²) in [5.74, 6) is -1.60. The summed E-state index contributed by atoms with van der Waals surface area (Å²) >= 11 is 0. The highest BCUT2D eigenvalue weighted by Gasteiger charge is 2.33. The fraction of sp³-hybridized carbons (Fsp3) is 0.360. The highest BCUT2D eigenvalue weighted by molar-refractivity contribution is 6.37. The maximum absolute atomic E-state index is 12.7. The van der Waals surface area contributed by atoms with Crippen LogP contribution in [0.1, 0.15) is 38.3 Å². The van der Waals surface area contributed by atoms with E-state index in [1.807, 2.05) is 74.5 Å². The Bertz CT molecular complexity index is 992. The summed E-state index contributed by atoms with van der Waals surface area (Å²) in [4.78, 5) is 36.9. The van der Waals surface area contributed by atoms with Gasteiger partial charge in [-0.25, -0.2) is 9.59 Å². The van der Waals surface area contributed by atoms with Crippen molar-refractivity contribution < 1.29 is 23.9 Å². The van der Waals surface area contributed by atoms with Crippen LogP contribution in [0, 0.1) is 5.92 Å². The molecule has 0 radical (unpaired) electrons. The van der Waals surface area contributed by atoms with E-state index >= 15 is 0 Å². The maximum atomic E-state index is 12.7. The van der Waals surface area contributed by atoms with Crippen LogP contribution in [-0.4, -0.2) is 43.3 Å². The molecule has 2 aromatic rings. The van der Waals surface area contributed by atoms with E-state index in [0.29, 0.717) is 12.8 Å². The summed E-state index contributed by atoms with van der Waals surface area (Å²) in [5, 5.41) is 8.87. The van der Waals surface area contributed by atoms with E-state index in [2.05, 4.69) is 10.4 Å². The molecular weight excluding hydrogens is 422 g/mol. The first-order chi connectivity index (χ1) is 15.9. The molecule has 0 aliphatic carbocycles. The van der Waals surface area contributed by atoms with Gasteiger partial charge in [-0.2, -0.15) is 5.10 Å². The van der Waals surface area contributed by atoms with Gasteiger partial charge in [0, 0.05) is 6.42 Å². The summed E-state index contributed by atoms with van der Waals surface area (Å²) in [5.41, 5.74) is 2.09. The smallest absolute Gasteiger partial charge is 0.355 e. The number of carbonyl (C=O) groups excluding carboxylic acids is 3. The highest BCUT2D eigenvalue weighted by Crippen LogP contribution is 2.35. The molecule has 0 bridgehead atoms. The number of nitrogens with zero attached hydrogens (tertiary/aromatic N) is 2. The lowest BCUT2D eigenvalue weighted by Gasteiger charge is -2.23. The lowest BCUT2D eigenvalue weighted by atomic mass is 10.0. The number of methoxy groups -OCH3 is 1. The standard InChI is InChI=1S/C25H29N3O5/c1-17(2)14-20(24(30)32-3)26-23(29)16-33-25(31)21-15-22(18-10-6-4-7-11-18)28(27-21)19-12-8-5-9-13-19/h4-13,17,20,22H,14-16H2,1-3H3,(H,26,29). The average Bonchev–Trinajstić information content (AvgIpc) is 3.28. The van der Waals surface area contributed by atoms with Gasteiger partial charge in [0.25, 0.3) is 5.91 Å². The summed E-state index contributed by atoms with van der Waals surface area (Å²) in [7, 11) is 1.27. The molecule has 0 aromatic heterocycles. The van der Waals surface area contributed by atoms with Gasteiger partial charge in [-0.05, 0) is 30.0 Å². The van der Waals surface area contributed by atoms with Crippen LogP contribution in [0.15, 0.2) is 65.8 Å². The van der Waals surface area contributed by atoms with E-state index in [4.69, 9.17) is 9.47 Å². The Hall–Kier alpha value is -3.68. The second kappa shape index (κ2) is 11.3. The third-order valence-electron chi connectivity index (χ3n) is 5.21. The minimum absolute atomic E-state index is 0.167. The Balaban J connectivity index is 1.66. The Morgan fingerprint density at radius 1 is 1.06 bits per heavy atom. The normalized spacial score (nSPS) is 16.2. The van der Waals surface area contributed by atoms with Crippen LogP contribution in [-0.2, 0) is 23.9 Å². The van der Waals surface area contributed by atoms with Gasteiger partial charge in [-0.15, -0.1) is 0 Å². The molecule has 0 spiro atoms. The number of amides is 1. The van der Waals surface area contributed by atoms with Gasteiger partial charge in [-0.1, -0.05) is 62.4 Å². The van der Waals surface area contributed by atoms with Gasteiger partial charge in [0.1, 0.15) is 11.8 Å². The molecule has 174 valence electrons. The number of benzene rings is 2. The number of rotatable bonds is 9. The van der Waals surface area contributed by atoms with Crippen molar-refractivity contribution in [2.45, 2.75) is 38.8 Å². The number of hydrazone groups is 1. The molecular formula is C25H29N3O5. The van der Waals surface area contributed by atoms with E-state index < -0.39 is 30.5 Å². The molecule has 0 saturated heterocycles. The van der Waals surface area contributed by atoms with Crippen LogP contribution in [0.2, 0.25) is 0 Å². The van der Waals surface area contributed by atoms with E-state index in [1.54, 1.807) is 5.01 Å². The number of nitrogens with one attached hydrogen (secondary N) is 1. The van der Waals surface area contributed by atoms with Crippen molar-refractivity contribution in [2.24, 2.45) is 11.0 Å². The van der Waals surface area contributed by atoms with Crippen molar-refractivity contribution in [1.29, 1.82) is 0 Å². The zero-order valence-electron chi connectivity index (χ0n) is 19.1. The zero-order valence-corrected chi connectivity index (χ0v) is 19.1. The second-order valence-electron chi connectivity index (χ2n) is 8.21. The number of hydrogen-bond donors (Lipinski definition) is 1. The average molecular weight is 452 g/mol. The monoisotopic (exact) mass is 451 g/mol. The molecule has 2 aromatic carbocycles. The van der Waals surface area contributed by atoms with Crippen molar-refractivity contribution in [2.75, 3.05) is 18.7 Å². The Morgan fingerprint density at radius 2 is 1.70 bits per heavy atom. The molecule has 1 heterocycles. The minimum Gasteiger partial charge on any atom is -0.467 e. The predicted molar refractivity (Wildman–Crippen MR) is 125 cm³/mol. The lowest BCUT2D eigenvalue weighted by Crippen LogP contribution is -2.44. The van der Waals surface area contributed by atoms with Crippen molar-refractivity contribution in [3.05, 3.63) is 66.2 Å². The molecule has 0 saturated carbocycles.